The van der Waals surface area contributed by atoms with E-state index in [9.17, 15) is 4.79 Å². The number of rotatable bonds is 7. The van der Waals surface area contributed by atoms with Gasteiger partial charge in [-0.25, -0.2) is 0 Å². The summed E-state index contributed by atoms with van der Waals surface area (Å²) in [6.07, 6.45) is 7.04. The van der Waals surface area contributed by atoms with Crippen LogP contribution >= 0.6 is 24.0 Å². The van der Waals surface area contributed by atoms with Crippen molar-refractivity contribution in [3.05, 3.63) is 35.4 Å². The summed E-state index contributed by atoms with van der Waals surface area (Å²) in [6.45, 7) is 4.28. The highest BCUT2D eigenvalue weighted by Gasteiger charge is 2.23. The molecule has 0 aromatic heterocycles. The molecule has 0 spiro atoms. The van der Waals surface area contributed by atoms with Crippen molar-refractivity contribution >= 4 is 35.8 Å². The van der Waals surface area contributed by atoms with Crippen LogP contribution in [0.3, 0.4) is 0 Å². The third-order valence-electron chi connectivity index (χ3n) is 6.02. The quantitative estimate of drug-likeness (QED) is 0.317. The van der Waals surface area contributed by atoms with E-state index in [2.05, 4.69) is 21.3 Å². The van der Waals surface area contributed by atoms with Crippen LogP contribution in [0.4, 0.5) is 0 Å². The van der Waals surface area contributed by atoms with E-state index < -0.39 is 0 Å². The lowest BCUT2D eigenvalue weighted by molar-refractivity contribution is -0.0721. The van der Waals surface area contributed by atoms with Crippen LogP contribution < -0.4 is 5.32 Å². The summed E-state index contributed by atoms with van der Waals surface area (Å²) in [6, 6.07) is 7.86. The number of nitrogens with zero attached hydrogens (tertiary/aromatic N) is 3. The van der Waals surface area contributed by atoms with Gasteiger partial charge in [0.1, 0.15) is 0 Å². The topological polar surface area (TPSA) is 66.4 Å². The minimum absolute atomic E-state index is 0. The van der Waals surface area contributed by atoms with Crippen LogP contribution in [0.5, 0.6) is 0 Å². The molecule has 0 bridgehead atoms. The third kappa shape index (κ3) is 8.19. The highest BCUT2D eigenvalue weighted by molar-refractivity contribution is 14.0. The number of carbonyl (C=O) groups excluding carboxylic acids is 1. The number of ether oxygens (including phenoxy) is 2. The molecule has 1 atom stereocenters. The van der Waals surface area contributed by atoms with Gasteiger partial charge in [0.25, 0.3) is 5.91 Å². The van der Waals surface area contributed by atoms with Gasteiger partial charge in [0, 0.05) is 52.9 Å². The number of likely N-dealkylation sites (tertiary alicyclic amines) is 1. The van der Waals surface area contributed by atoms with E-state index in [1.807, 2.05) is 25.2 Å². The van der Waals surface area contributed by atoms with E-state index in [0.29, 0.717) is 6.10 Å². The monoisotopic (exact) mass is 558 g/mol. The van der Waals surface area contributed by atoms with Crippen molar-refractivity contribution in [1.29, 1.82) is 0 Å². The lowest BCUT2D eigenvalue weighted by Crippen LogP contribution is -2.47. The van der Waals surface area contributed by atoms with Crippen molar-refractivity contribution in [3.8, 4) is 0 Å². The van der Waals surface area contributed by atoms with Crippen LogP contribution in [0.25, 0.3) is 0 Å². The Kier molecular flexibility index (Phi) is 11.7. The molecule has 2 aliphatic heterocycles. The molecule has 1 amide bonds. The SMILES string of the molecule is CN=C(NCCc1cccc(C(=O)N(C)C)c1)N1CCC(OCC2CCCCO2)CC1.I. The summed E-state index contributed by atoms with van der Waals surface area (Å²) >= 11 is 0. The van der Waals surface area contributed by atoms with Gasteiger partial charge in [-0.1, -0.05) is 12.1 Å². The molecule has 180 valence electrons. The Morgan fingerprint density at radius 2 is 2.03 bits per heavy atom. The number of guanidine groups is 1. The molecule has 1 N–H and O–H groups in total. The minimum Gasteiger partial charge on any atom is -0.376 e. The van der Waals surface area contributed by atoms with E-state index in [-0.39, 0.29) is 36.0 Å². The number of benzene rings is 1. The molecule has 1 aromatic carbocycles. The van der Waals surface area contributed by atoms with Gasteiger partial charge in [-0.05, 0) is 56.2 Å². The second-order valence-electron chi connectivity index (χ2n) is 8.63. The first-order valence-corrected chi connectivity index (χ1v) is 11.6. The highest BCUT2D eigenvalue weighted by atomic mass is 127. The van der Waals surface area contributed by atoms with Gasteiger partial charge >= 0.3 is 0 Å². The minimum atomic E-state index is 0. The molecule has 2 fully saturated rings. The van der Waals surface area contributed by atoms with Crippen molar-refractivity contribution in [2.45, 2.75) is 50.7 Å². The van der Waals surface area contributed by atoms with E-state index in [1.165, 1.54) is 12.8 Å². The first-order valence-electron chi connectivity index (χ1n) is 11.6. The van der Waals surface area contributed by atoms with Crippen LogP contribution in [-0.4, -0.2) is 87.9 Å². The summed E-state index contributed by atoms with van der Waals surface area (Å²) in [5.41, 5.74) is 1.88. The summed E-state index contributed by atoms with van der Waals surface area (Å²) in [5, 5.41) is 3.48. The van der Waals surface area contributed by atoms with Crippen molar-refractivity contribution < 1.29 is 14.3 Å². The van der Waals surface area contributed by atoms with Gasteiger partial charge in [0.2, 0.25) is 0 Å². The molecule has 8 heteroatoms. The third-order valence-corrected chi connectivity index (χ3v) is 6.02. The van der Waals surface area contributed by atoms with Crippen LogP contribution in [0.2, 0.25) is 0 Å². The number of hydrogen-bond donors (Lipinski definition) is 1. The zero-order chi connectivity index (χ0) is 22.1. The van der Waals surface area contributed by atoms with Crippen LogP contribution in [-0.2, 0) is 15.9 Å². The fourth-order valence-electron chi connectivity index (χ4n) is 4.19. The highest BCUT2D eigenvalue weighted by Crippen LogP contribution is 2.18. The van der Waals surface area contributed by atoms with Crippen molar-refractivity contribution in [3.63, 3.8) is 0 Å². The maximum Gasteiger partial charge on any atom is 0.253 e. The van der Waals surface area contributed by atoms with E-state index >= 15 is 0 Å². The average Bonchev–Trinajstić information content (AvgIpc) is 2.81. The van der Waals surface area contributed by atoms with Gasteiger partial charge in [0.15, 0.2) is 5.96 Å². The largest absolute Gasteiger partial charge is 0.376 e. The summed E-state index contributed by atoms with van der Waals surface area (Å²) in [7, 11) is 5.39. The molecule has 0 aliphatic carbocycles. The Hall–Kier alpha value is -1.39. The number of piperidine rings is 1. The van der Waals surface area contributed by atoms with Gasteiger partial charge in [0.05, 0.1) is 18.8 Å². The number of hydrogen-bond acceptors (Lipinski definition) is 4. The van der Waals surface area contributed by atoms with E-state index in [4.69, 9.17) is 9.47 Å². The molecule has 2 saturated heterocycles. The lowest BCUT2D eigenvalue weighted by Gasteiger charge is -2.35. The Bertz CT molecular complexity index is 730. The van der Waals surface area contributed by atoms with Gasteiger partial charge in [-0.2, -0.15) is 0 Å². The fraction of sp³-hybridized carbons (Fsp3) is 0.667. The predicted molar refractivity (Wildman–Crippen MR) is 139 cm³/mol. The van der Waals surface area contributed by atoms with Gasteiger partial charge in [-0.3, -0.25) is 9.79 Å². The molecular formula is C24H39IN4O3. The number of nitrogens with one attached hydrogen (secondary N) is 1. The van der Waals surface area contributed by atoms with Gasteiger partial charge < -0.3 is 24.6 Å². The van der Waals surface area contributed by atoms with Crippen molar-refractivity contribution in [2.24, 2.45) is 4.99 Å². The van der Waals surface area contributed by atoms with Crippen LogP contribution in [0.1, 0.15) is 48.0 Å². The second kappa shape index (κ2) is 14.0. The normalized spacial score (nSPS) is 19.9. The zero-order valence-electron chi connectivity index (χ0n) is 19.7. The first-order chi connectivity index (χ1) is 15.1. The summed E-state index contributed by atoms with van der Waals surface area (Å²) in [4.78, 5) is 20.5. The summed E-state index contributed by atoms with van der Waals surface area (Å²) in [5.74, 6) is 0.973. The molecule has 0 saturated carbocycles. The van der Waals surface area contributed by atoms with Crippen LogP contribution in [0.15, 0.2) is 29.3 Å². The average molecular weight is 559 g/mol. The fourth-order valence-corrected chi connectivity index (χ4v) is 4.19. The Morgan fingerprint density at radius 1 is 1.25 bits per heavy atom. The van der Waals surface area contributed by atoms with Crippen molar-refractivity contribution in [1.82, 2.24) is 15.1 Å². The molecule has 1 aromatic rings. The van der Waals surface area contributed by atoms with Crippen molar-refractivity contribution in [2.75, 3.05) is 54.0 Å². The Morgan fingerprint density at radius 3 is 2.69 bits per heavy atom. The zero-order valence-corrected chi connectivity index (χ0v) is 22.0. The standard InChI is InChI=1S/C24H38N4O3.HI/c1-25-24(26-13-10-19-7-6-8-20(17-19)23(29)27(2)3)28-14-11-21(12-15-28)31-18-22-9-4-5-16-30-22;/h6-8,17,21-22H,4-5,9-16,18H2,1-3H3,(H,25,26);1H. The van der Waals surface area contributed by atoms with Crippen LogP contribution in [0, 0.1) is 0 Å². The van der Waals surface area contributed by atoms with E-state index in [1.54, 1.807) is 19.0 Å². The molecular weight excluding hydrogens is 519 g/mol. The molecule has 0 radical (unpaired) electrons. The van der Waals surface area contributed by atoms with E-state index in [0.717, 1.165) is 75.6 Å². The Labute approximate surface area is 209 Å². The first kappa shape index (κ1) is 26.9. The second-order valence-corrected chi connectivity index (χ2v) is 8.63. The lowest BCUT2D eigenvalue weighted by atomic mass is 10.1. The number of carbonyl (C=O) groups is 1. The Balaban J connectivity index is 0.00000363. The molecule has 32 heavy (non-hydrogen) atoms. The molecule has 3 rings (SSSR count). The molecule has 2 aliphatic rings. The smallest absolute Gasteiger partial charge is 0.253 e. The molecule has 2 heterocycles. The summed E-state index contributed by atoms with van der Waals surface area (Å²) < 4.78 is 11.9. The van der Waals surface area contributed by atoms with Gasteiger partial charge in [-0.15, -0.1) is 24.0 Å². The number of amides is 1. The predicted octanol–water partition coefficient (Wildman–Crippen LogP) is 3.17. The maximum atomic E-state index is 12.2. The maximum absolute atomic E-state index is 12.2. The number of aliphatic imine (C=N–C) groups is 1. The molecule has 7 nitrogen and oxygen atoms in total. The number of halogens is 1. The molecule has 1 unspecified atom stereocenters.